The largest absolute Gasteiger partial charge is 0.497 e. The van der Waals surface area contributed by atoms with Crippen LogP contribution in [0.3, 0.4) is 0 Å². The topological polar surface area (TPSA) is 182 Å². The van der Waals surface area contributed by atoms with Gasteiger partial charge in [0.25, 0.3) is 5.91 Å². The Hall–Kier alpha value is -4.35. The van der Waals surface area contributed by atoms with E-state index in [-0.39, 0.29) is 31.7 Å². The van der Waals surface area contributed by atoms with Crippen LogP contribution in [0.15, 0.2) is 18.2 Å². The van der Waals surface area contributed by atoms with Crippen LogP contribution in [0.5, 0.6) is 11.5 Å². The first-order valence-electron chi connectivity index (χ1n) is 20.0. The Morgan fingerprint density at radius 1 is 1.03 bits per heavy atom. The van der Waals surface area contributed by atoms with Gasteiger partial charge in [-0.05, 0) is 96.8 Å². The number of fused-ring (bicyclic) bond motifs is 5. The molecule has 4 amide bonds. The number of pyridine rings is 1. The Labute approximate surface area is 335 Å². The molecule has 2 aliphatic carbocycles. The summed E-state index contributed by atoms with van der Waals surface area (Å²) in [4.78, 5) is 62.4. The molecule has 1 spiro atoms. The number of carbonyl (C=O) groups is 4. The molecule has 4 heterocycles. The van der Waals surface area contributed by atoms with Crippen molar-refractivity contribution in [3.05, 3.63) is 29.5 Å². The van der Waals surface area contributed by atoms with Crippen LogP contribution in [0.1, 0.15) is 109 Å². The van der Waals surface area contributed by atoms with Crippen LogP contribution < -0.4 is 24.8 Å². The van der Waals surface area contributed by atoms with E-state index in [1.165, 1.54) is 4.90 Å². The van der Waals surface area contributed by atoms with Gasteiger partial charge in [0.2, 0.25) is 27.4 Å². The van der Waals surface area contributed by atoms with Crippen LogP contribution in [0.2, 0.25) is 0 Å². The number of ether oxygens (including phenoxy) is 3. The molecule has 58 heavy (non-hydrogen) atoms. The molecule has 14 nitrogen and oxygen atoms in total. The number of rotatable bonds is 6. The zero-order valence-electron chi connectivity index (χ0n) is 33.5. The van der Waals surface area contributed by atoms with Crippen LogP contribution >= 0.6 is 0 Å². The number of halogens is 3. The quantitative estimate of drug-likeness (QED) is 0.347. The second-order valence-electron chi connectivity index (χ2n) is 17.5. The fourth-order valence-electron chi connectivity index (χ4n) is 8.66. The zero-order chi connectivity index (χ0) is 42.1. The number of methoxy groups -OCH3 is 1. The van der Waals surface area contributed by atoms with Crippen molar-refractivity contribution in [2.75, 3.05) is 13.7 Å². The van der Waals surface area contributed by atoms with Gasteiger partial charge in [-0.15, -0.1) is 0 Å². The average molecular weight is 836 g/mol. The van der Waals surface area contributed by atoms with Crippen molar-refractivity contribution in [1.82, 2.24) is 25.2 Å². The highest BCUT2D eigenvalue weighted by molar-refractivity contribution is 7.91. The summed E-state index contributed by atoms with van der Waals surface area (Å²) < 4.78 is 85.8. The third kappa shape index (κ3) is 7.76. The van der Waals surface area contributed by atoms with Gasteiger partial charge < -0.3 is 29.7 Å². The van der Waals surface area contributed by atoms with Gasteiger partial charge in [0.15, 0.2) is 0 Å². The molecule has 1 aromatic heterocycles. The van der Waals surface area contributed by atoms with E-state index in [9.17, 15) is 40.8 Å². The lowest BCUT2D eigenvalue weighted by molar-refractivity contribution is -0.244. The number of nitrogens with one attached hydrogen (secondary N) is 3. The zero-order valence-corrected chi connectivity index (χ0v) is 34.3. The molecule has 0 bridgehead atoms. The van der Waals surface area contributed by atoms with Crippen molar-refractivity contribution in [2.45, 2.75) is 151 Å². The fraction of sp³-hybridized carbons (Fsp3) is 0.675. The van der Waals surface area contributed by atoms with Crippen molar-refractivity contribution in [3.63, 3.8) is 0 Å². The second kappa shape index (κ2) is 14.7. The van der Waals surface area contributed by atoms with Gasteiger partial charge in [0.1, 0.15) is 34.7 Å². The number of carbonyl (C=O) groups excluding carboxylic acids is 4. The van der Waals surface area contributed by atoms with Crippen molar-refractivity contribution in [3.8, 4) is 11.5 Å². The van der Waals surface area contributed by atoms with Gasteiger partial charge in [-0.1, -0.05) is 32.1 Å². The summed E-state index contributed by atoms with van der Waals surface area (Å²) in [7, 11) is -2.48. The normalized spacial score (nSPS) is 28.8. The molecule has 318 valence electrons. The van der Waals surface area contributed by atoms with E-state index < -0.39 is 73.6 Å². The van der Waals surface area contributed by atoms with Crippen molar-refractivity contribution < 1.29 is 55.0 Å². The van der Waals surface area contributed by atoms with Gasteiger partial charge in [-0.25, -0.2) is 18.2 Å². The second-order valence-corrected chi connectivity index (χ2v) is 19.7. The van der Waals surface area contributed by atoms with Gasteiger partial charge in [0, 0.05) is 17.4 Å². The number of sulfonamides is 1. The lowest BCUT2D eigenvalue weighted by Gasteiger charge is -2.37. The van der Waals surface area contributed by atoms with Crippen LogP contribution in [0.25, 0.3) is 10.9 Å². The van der Waals surface area contributed by atoms with E-state index in [1.54, 1.807) is 21.0 Å². The maximum atomic E-state index is 14.7. The monoisotopic (exact) mass is 835 g/mol. The summed E-state index contributed by atoms with van der Waals surface area (Å²) in [5.74, 6) is -1.49. The van der Waals surface area contributed by atoms with Gasteiger partial charge >= 0.3 is 12.3 Å². The minimum atomic E-state index is -4.89. The molecule has 0 unspecified atom stereocenters. The average Bonchev–Trinajstić information content (AvgIpc) is 4.04. The lowest BCUT2D eigenvalue weighted by atomic mass is 9.87. The Morgan fingerprint density at radius 2 is 1.72 bits per heavy atom. The number of hydrogen-bond donors (Lipinski definition) is 3. The Bertz CT molecular complexity index is 2130. The number of nitrogens with zero attached hydrogens (tertiary/aromatic N) is 2. The number of aryl methyl sites for hydroxylation is 2. The highest BCUT2D eigenvalue weighted by Gasteiger charge is 2.64. The summed E-state index contributed by atoms with van der Waals surface area (Å²) in [6, 6.07) is 2.90. The molecule has 0 radical (unpaired) electrons. The number of amides is 4. The first-order valence-corrected chi connectivity index (χ1v) is 21.5. The van der Waals surface area contributed by atoms with Crippen LogP contribution in [-0.4, -0.2) is 95.5 Å². The van der Waals surface area contributed by atoms with E-state index >= 15 is 0 Å². The molecular formula is C40H52F3N5O9S. The first-order chi connectivity index (χ1) is 27.1. The molecule has 3 N–H and O–H groups in total. The maximum Gasteiger partial charge on any atom is 0.427 e. The van der Waals surface area contributed by atoms with Crippen molar-refractivity contribution in [1.29, 1.82) is 0 Å². The standard InChI is InChI=1S/C40H52F3N5O9S/c1-23-31-26(27-19-25(55-5)13-14-28(27)44-23)15-16-38(56-31)21-30-32(49)46-39(34(51)47-58(53,54)37(4)17-18-37)20-24(39)11-9-7-6-8-10-12-29(33(50)48(30)22-38)45-35(52)57-36(2,3)40(41,42)43/h13-14,19,24,29-30H,6-12,15-18,20-22H2,1-5H3,(H,45,52)(H,46,49)(H,47,51)/t24-,29-,30-,38+,39+/m0/s1. The minimum Gasteiger partial charge on any atom is -0.497 e. The van der Waals surface area contributed by atoms with Crippen molar-refractivity contribution in [2.24, 2.45) is 5.92 Å². The number of hydrogen-bond acceptors (Lipinski definition) is 10. The molecule has 2 saturated heterocycles. The molecule has 5 atom stereocenters. The molecule has 5 aliphatic rings. The van der Waals surface area contributed by atoms with E-state index in [0.29, 0.717) is 82.4 Å². The third-order valence-corrected chi connectivity index (χ3v) is 15.1. The highest BCUT2D eigenvalue weighted by atomic mass is 32.2. The molecular weight excluding hydrogens is 784 g/mol. The predicted octanol–water partition coefficient (Wildman–Crippen LogP) is 5.27. The van der Waals surface area contributed by atoms with Crippen LogP contribution in [0.4, 0.5) is 18.0 Å². The van der Waals surface area contributed by atoms with Crippen LogP contribution in [-0.2, 0) is 35.6 Å². The molecule has 2 aromatic rings. The molecule has 7 rings (SSSR count). The highest BCUT2D eigenvalue weighted by Crippen LogP contribution is 2.50. The van der Waals surface area contributed by atoms with E-state index in [1.807, 2.05) is 18.2 Å². The van der Waals surface area contributed by atoms with Crippen LogP contribution in [0, 0.1) is 12.8 Å². The number of alkyl halides is 3. The van der Waals surface area contributed by atoms with Gasteiger partial charge in [0.05, 0.1) is 29.6 Å². The summed E-state index contributed by atoms with van der Waals surface area (Å²) in [6.07, 6.45) is -0.665. The molecule has 18 heteroatoms. The minimum absolute atomic E-state index is 0.0311. The summed E-state index contributed by atoms with van der Waals surface area (Å²) in [6.45, 7) is 4.64. The lowest BCUT2D eigenvalue weighted by Crippen LogP contribution is -2.59. The van der Waals surface area contributed by atoms with E-state index in [2.05, 4.69) is 15.4 Å². The SMILES string of the molecule is COc1ccc2nc(C)c3c(c2c1)CC[C@]1(C[C@H]2C(=O)N[C@]4(C(=O)NS(=O)(=O)C5(C)CC5)C[C@@H]4CCCCCCC[C@H](NC(=O)OC(C)(C)C(F)(F)F)C(=O)N2C1)O3. The molecule has 4 fully saturated rings. The Morgan fingerprint density at radius 3 is 2.40 bits per heavy atom. The van der Waals surface area contributed by atoms with Crippen molar-refractivity contribution >= 4 is 44.7 Å². The van der Waals surface area contributed by atoms with Gasteiger partial charge in [-0.2, -0.15) is 13.2 Å². The van der Waals surface area contributed by atoms with Gasteiger partial charge in [-0.3, -0.25) is 19.1 Å². The Balaban J connectivity index is 1.23. The maximum absolute atomic E-state index is 14.7. The van der Waals surface area contributed by atoms with E-state index in [4.69, 9.17) is 19.2 Å². The molecule has 3 aliphatic heterocycles. The smallest absolute Gasteiger partial charge is 0.427 e. The Kier molecular flexibility index (Phi) is 10.6. The summed E-state index contributed by atoms with van der Waals surface area (Å²) in [5.41, 5.74) is -3.33. The van der Waals surface area contributed by atoms with E-state index in [0.717, 1.165) is 29.3 Å². The third-order valence-electron chi connectivity index (χ3n) is 12.9. The predicted molar refractivity (Wildman–Crippen MR) is 204 cm³/mol. The molecule has 1 aromatic carbocycles. The fourth-order valence-corrected chi connectivity index (χ4v) is 9.98. The number of benzene rings is 1. The number of alkyl carbamates (subject to hydrolysis) is 1. The summed E-state index contributed by atoms with van der Waals surface area (Å²) >= 11 is 0. The summed E-state index contributed by atoms with van der Waals surface area (Å²) in [5, 5.41) is 6.09. The number of aromatic nitrogens is 1. The molecule has 2 saturated carbocycles. The first kappa shape index (κ1) is 41.8.